The predicted octanol–water partition coefficient (Wildman–Crippen LogP) is 4.18. The van der Waals surface area contributed by atoms with E-state index in [0.717, 1.165) is 22.4 Å². The number of hydrogen-bond donors (Lipinski definition) is 0. The summed E-state index contributed by atoms with van der Waals surface area (Å²) in [6, 6.07) is 11.7. The lowest BCUT2D eigenvalue weighted by atomic mass is 9.98. The molecule has 0 spiro atoms. The van der Waals surface area contributed by atoms with Crippen LogP contribution >= 0.6 is 0 Å². The van der Waals surface area contributed by atoms with Crippen molar-refractivity contribution in [3.05, 3.63) is 64.2 Å². The molecule has 0 aromatic heterocycles. The van der Waals surface area contributed by atoms with Gasteiger partial charge in [-0.3, -0.25) is 4.79 Å². The molecule has 0 aliphatic rings. The summed E-state index contributed by atoms with van der Waals surface area (Å²) < 4.78 is 5.55. The van der Waals surface area contributed by atoms with Gasteiger partial charge in [-0.2, -0.15) is 0 Å². The number of aryl methyl sites for hydroxylation is 4. The molecule has 104 valence electrons. The normalized spacial score (nSPS) is 10.4. The second-order valence-electron chi connectivity index (χ2n) is 5.28. The number of benzene rings is 2. The first-order valence-electron chi connectivity index (χ1n) is 6.78. The first-order chi connectivity index (χ1) is 9.47. The fourth-order valence-corrected chi connectivity index (χ4v) is 2.12. The second-order valence-corrected chi connectivity index (χ2v) is 5.28. The number of ether oxygens (including phenoxy) is 1. The van der Waals surface area contributed by atoms with Gasteiger partial charge in [-0.15, -0.1) is 0 Å². The Morgan fingerprint density at radius 2 is 1.50 bits per heavy atom. The van der Waals surface area contributed by atoms with E-state index < -0.39 is 0 Å². The lowest BCUT2D eigenvalue weighted by molar-refractivity contribution is 0.0921. The number of carbonyl (C=O) groups is 1. The highest BCUT2D eigenvalue weighted by atomic mass is 16.5. The molecule has 0 aliphatic carbocycles. The van der Waals surface area contributed by atoms with Crippen molar-refractivity contribution in [1.82, 2.24) is 0 Å². The van der Waals surface area contributed by atoms with Crippen molar-refractivity contribution in [2.45, 2.75) is 27.7 Å². The number of rotatable bonds is 4. The fourth-order valence-electron chi connectivity index (χ4n) is 2.12. The highest BCUT2D eigenvalue weighted by Gasteiger charge is 2.11. The van der Waals surface area contributed by atoms with Gasteiger partial charge in [0, 0.05) is 5.56 Å². The molecule has 0 heterocycles. The Labute approximate surface area is 120 Å². The van der Waals surface area contributed by atoms with E-state index in [0.29, 0.717) is 0 Å². The minimum Gasteiger partial charge on any atom is -0.485 e. The number of hydrogen-bond acceptors (Lipinski definition) is 2. The second kappa shape index (κ2) is 5.91. The predicted molar refractivity (Wildman–Crippen MR) is 81.7 cm³/mol. The summed E-state index contributed by atoms with van der Waals surface area (Å²) in [5.74, 6) is 0.747. The molecular formula is C18H20O2. The van der Waals surface area contributed by atoms with E-state index in [1.165, 1.54) is 11.1 Å². The van der Waals surface area contributed by atoms with Crippen molar-refractivity contribution in [1.29, 1.82) is 0 Å². The maximum Gasteiger partial charge on any atom is 0.200 e. The van der Waals surface area contributed by atoms with Crippen molar-refractivity contribution >= 4 is 5.78 Å². The van der Waals surface area contributed by atoms with E-state index in [9.17, 15) is 4.79 Å². The third-order valence-corrected chi connectivity index (χ3v) is 3.53. The maximum atomic E-state index is 12.2. The van der Waals surface area contributed by atoms with Crippen LogP contribution in [0.3, 0.4) is 0 Å². The van der Waals surface area contributed by atoms with Crippen LogP contribution in [0.25, 0.3) is 0 Å². The first kappa shape index (κ1) is 14.3. The van der Waals surface area contributed by atoms with Gasteiger partial charge in [-0.05, 0) is 62.6 Å². The Hall–Kier alpha value is -2.09. The summed E-state index contributed by atoms with van der Waals surface area (Å²) >= 11 is 0. The van der Waals surface area contributed by atoms with Gasteiger partial charge >= 0.3 is 0 Å². The van der Waals surface area contributed by atoms with Crippen LogP contribution in [0, 0.1) is 27.7 Å². The van der Waals surface area contributed by atoms with Crippen LogP contribution in [0.1, 0.15) is 32.6 Å². The zero-order valence-electron chi connectivity index (χ0n) is 12.5. The van der Waals surface area contributed by atoms with Crippen LogP contribution in [0.4, 0.5) is 0 Å². The molecule has 20 heavy (non-hydrogen) atoms. The summed E-state index contributed by atoms with van der Waals surface area (Å²) in [7, 11) is 0. The fraction of sp³-hybridized carbons (Fsp3) is 0.278. The van der Waals surface area contributed by atoms with Gasteiger partial charge < -0.3 is 4.74 Å². The molecule has 0 fully saturated rings. The van der Waals surface area contributed by atoms with Gasteiger partial charge in [0.2, 0.25) is 0 Å². The monoisotopic (exact) mass is 268 g/mol. The van der Waals surface area contributed by atoms with Crippen LogP contribution < -0.4 is 4.74 Å². The average molecular weight is 268 g/mol. The summed E-state index contributed by atoms with van der Waals surface area (Å²) in [5, 5.41) is 0. The molecule has 0 saturated carbocycles. The topological polar surface area (TPSA) is 26.3 Å². The maximum absolute atomic E-state index is 12.2. The number of ketones is 1. The Morgan fingerprint density at radius 3 is 2.15 bits per heavy atom. The van der Waals surface area contributed by atoms with E-state index in [1.807, 2.05) is 51.1 Å². The molecule has 0 amide bonds. The van der Waals surface area contributed by atoms with Gasteiger partial charge in [0.05, 0.1) is 0 Å². The zero-order chi connectivity index (χ0) is 14.7. The van der Waals surface area contributed by atoms with E-state index in [1.54, 1.807) is 0 Å². The van der Waals surface area contributed by atoms with Gasteiger partial charge in [0.15, 0.2) is 12.4 Å². The first-order valence-corrected chi connectivity index (χ1v) is 6.78. The lowest BCUT2D eigenvalue weighted by Gasteiger charge is -2.10. The van der Waals surface area contributed by atoms with Crippen LogP contribution in [0.5, 0.6) is 5.75 Å². The van der Waals surface area contributed by atoms with Gasteiger partial charge in [-0.25, -0.2) is 0 Å². The Balaban J connectivity index is 2.09. The molecule has 2 aromatic rings. The SMILES string of the molecule is Cc1ccc(OCC(=O)c2cc(C)c(C)cc2C)cc1. The highest BCUT2D eigenvalue weighted by molar-refractivity contribution is 5.98. The Kier molecular flexibility index (Phi) is 4.23. The Morgan fingerprint density at radius 1 is 0.900 bits per heavy atom. The van der Waals surface area contributed by atoms with Crippen LogP contribution in [-0.2, 0) is 0 Å². The molecule has 2 heteroatoms. The minimum absolute atomic E-state index is 0.0196. The molecule has 0 unspecified atom stereocenters. The summed E-state index contributed by atoms with van der Waals surface area (Å²) in [4.78, 5) is 12.2. The van der Waals surface area contributed by atoms with Gasteiger partial charge in [-0.1, -0.05) is 23.8 Å². The van der Waals surface area contributed by atoms with Crippen molar-refractivity contribution in [3.8, 4) is 5.75 Å². The number of Topliss-reactive ketones (excluding diaryl/α,β-unsaturated/α-hetero) is 1. The average Bonchev–Trinajstić information content (AvgIpc) is 2.42. The van der Waals surface area contributed by atoms with E-state index >= 15 is 0 Å². The van der Waals surface area contributed by atoms with Crippen LogP contribution in [0.15, 0.2) is 36.4 Å². The standard InChI is InChI=1S/C18H20O2/c1-12-5-7-16(8-6-12)20-11-18(19)17-10-14(3)13(2)9-15(17)4/h5-10H,11H2,1-4H3. The van der Waals surface area contributed by atoms with Gasteiger partial charge in [0.25, 0.3) is 0 Å². The zero-order valence-corrected chi connectivity index (χ0v) is 12.5. The summed E-state index contributed by atoms with van der Waals surface area (Å²) in [6.45, 7) is 8.14. The molecule has 2 nitrogen and oxygen atoms in total. The van der Waals surface area contributed by atoms with Crippen molar-refractivity contribution in [2.75, 3.05) is 6.61 Å². The largest absolute Gasteiger partial charge is 0.485 e. The quantitative estimate of drug-likeness (QED) is 0.777. The highest BCUT2D eigenvalue weighted by Crippen LogP contribution is 2.17. The number of carbonyl (C=O) groups excluding carboxylic acids is 1. The molecule has 0 saturated heterocycles. The molecule has 2 aromatic carbocycles. The van der Waals surface area contributed by atoms with E-state index in [2.05, 4.69) is 13.0 Å². The molecular weight excluding hydrogens is 248 g/mol. The summed E-state index contributed by atoms with van der Waals surface area (Å²) in [5.41, 5.74) is 5.27. The van der Waals surface area contributed by atoms with Gasteiger partial charge in [0.1, 0.15) is 5.75 Å². The molecule has 2 rings (SSSR count). The van der Waals surface area contributed by atoms with Crippen molar-refractivity contribution < 1.29 is 9.53 Å². The third kappa shape index (κ3) is 3.27. The summed E-state index contributed by atoms with van der Waals surface area (Å²) in [6.07, 6.45) is 0. The van der Waals surface area contributed by atoms with Crippen LogP contribution in [-0.4, -0.2) is 12.4 Å². The van der Waals surface area contributed by atoms with E-state index in [-0.39, 0.29) is 12.4 Å². The van der Waals surface area contributed by atoms with Crippen molar-refractivity contribution in [3.63, 3.8) is 0 Å². The molecule has 0 aliphatic heterocycles. The molecule has 0 N–H and O–H groups in total. The Bertz CT molecular complexity index is 625. The smallest absolute Gasteiger partial charge is 0.200 e. The molecule has 0 bridgehead atoms. The minimum atomic E-state index is 0.0196. The van der Waals surface area contributed by atoms with E-state index in [4.69, 9.17) is 4.74 Å². The molecule has 0 radical (unpaired) electrons. The van der Waals surface area contributed by atoms with Crippen molar-refractivity contribution in [2.24, 2.45) is 0 Å². The lowest BCUT2D eigenvalue weighted by Crippen LogP contribution is -2.13. The van der Waals surface area contributed by atoms with Crippen LogP contribution in [0.2, 0.25) is 0 Å². The third-order valence-electron chi connectivity index (χ3n) is 3.53. The molecule has 0 atom stereocenters.